The van der Waals surface area contributed by atoms with Gasteiger partial charge in [-0.15, -0.1) is 0 Å². The van der Waals surface area contributed by atoms with Gasteiger partial charge in [-0.3, -0.25) is 0 Å². The molecular formula is C20H28F5NO4. The molecule has 10 heteroatoms. The Bertz CT molecular complexity index is 686. The third-order valence-corrected chi connectivity index (χ3v) is 3.83. The van der Waals surface area contributed by atoms with E-state index in [1.807, 2.05) is 20.8 Å². The molecule has 172 valence electrons. The van der Waals surface area contributed by atoms with Gasteiger partial charge in [-0.05, 0) is 29.7 Å². The molecule has 0 aromatic heterocycles. The van der Waals surface area contributed by atoms with Gasteiger partial charge >= 0.3 is 18.1 Å². The Balaban J connectivity index is 2.76. The van der Waals surface area contributed by atoms with Crippen molar-refractivity contribution in [2.75, 3.05) is 38.8 Å². The number of esters is 1. The van der Waals surface area contributed by atoms with Crippen LogP contribution >= 0.6 is 0 Å². The molecule has 1 rings (SSSR count). The van der Waals surface area contributed by atoms with E-state index in [2.05, 4.69) is 4.74 Å². The first-order valence-electron chi connectivity index (χ1n) is 9.17. The van der Waals surface area contributed by atoms with Crippen molar-refractivity contribution in [3.63, 3.8) is 0 Å². The molecule has 30 heavy (non-hydrogen) atoms. The highest BCUT2D eigenvalue weighted by atomic mass is 19.4. The summed E-state index contributed by atoms with van der Waals surface area (Å²) in [6.45, 7) is 4.79. The van der Waals surface area contributed by atoms with Crippen LogP contribution < -0.4 is 5.73 Å². The average Bonchev–Trinajstić information content (AvgIpc) is 2.58. The van der Waals surface area contributed by atoms with Crippen LogP contribution in [-0.2, 0) is 14.2 Å². The molecular weight excluding hydrogens is 413 g/mol. The standard InChI is InChI=1S/C20H28F5NO4/c1-17(2,3)9-28-10-18(4,11-29-13-19(21,22)20(23,24)25)12-30-16(27)14-5-7-15(26)8-6-14/h5-8H,9-13,26H2,1-4H3. The second-order valence-corrected chi connectivity index (χ2v) is 8.76. The van der Waals surface area contributed by atoms with Gasteiger partial charge in [0.25, 0.3) is 0 Å². The molecule has 1 unspecified atom stereocenters. The number of halogens is 5. The summed E-state index contributed by atoms with van der Waals surface area (Å²) in [5.74, 6) is -5.68. The number of carbonyl (C=O) groups excluding carboxylic acids is 1. The van der Waals surface area contributed by atoms with Gasteiger partial charge in [0, 0.05) is 11.1 Å². The van der Waals surface area contributed by atoms with E-state index in [0.717, 1.165) is 0 Å². The largest absolute Gasteiger partial charge is 0.461 e. The highest BCUT2D eigenvalue weighted by Gasteiger charge is 2.57. The smallest absolute Gasteiger partial charge is 0.455 e. The molecule has 0 amide bonds. The van der Waals surface area contributed by atoms with Crippen molar-refractivity contribution in [2.24, 2.45) is 10.8 Å². The van der Waals surface area contributed by atoms with Crippen LogP contribution in [0.3, 0.4) is 0 Å². The number of anilines is 1. The Kier molecular flexibility index (Phi) is 8.62. The van der Waals surface area contributed by atoms with E-state index >= 15 is 0 Å². The summed E-state index contributed by atoms with van der Waals surface area (Å²) in [5, 5.41) is 0. The predicted molar refractivity (Wildman–Crippen MR) is 101 cm³/mol. The van der Waals surface area contributed by atoms with Crippen LogP contribution in [0.1, 0.15) is 38.1 Å². The molecule has 0 radical (unpaired) electrons. The fourth-order valence-corrected chi connectivity index (χ4v) is 2.18. The zero-order valence-electron chi connectivity index (χ0n) is 17.4. The maximum atomic E-state index is 13.1. The highest BCUT2D eigenvalue weighted by Crippen LogP contribution is 2.36. The van der Waals surface area contributed by atoms with Crippen molar-refractivity contribution >= 4 is 11.7 Å². The molecule has 0 bridgehead atoms. The number of nitrogens with two attached hydrogens (primary N) is 1. The maximum Gasteiger partial charge on any atom is 0.455 e. The molecule has 0 saturated heterocycles. The molecule has 1 aromatic carbocycles. The monoisotopic (exact) mass is 441 g/mol. The first kappa shape index (κ1) is 26.1. The van der Waals surface area contributed by atoms with Gasteiger partial charge in [-0.1, -0.05) is 27.7 Å². The minimum Gasteiger partial charge on any atom is -0.461 e. The van der Waals surface area contributed by atoms with E-state index in [0.29, 0.717) is 12.3 Å². The van der Waals surface area contributed by atoms with Crippen LogP contribution in [0.5, 0.6) is 0 Å². The first-order chi connectivity index (χ1) is 13.5. The summed E-state index contributed by atoms with van der Waals surface area (Å²) in [4.78, 5) is 12.2. The lowest BCUT2D eigenvalue weighted by molar-refractivity contribution is -0.298. The van der Waals surface area contributed by atoms with Crippen molar-refractivity contribution in [3.05, 3.63) is 29.8 Å². The number of hydrogen-bond donors (Lipinski definition) is 1. The highest BCUT2D eigenvalue weighted by molar-refractivity contribution is 5.89. The van der Waals surface area contributed by atoms with Gasteiger partial charge < -0.3 is 19.9 Å². The van der Waals surface area contributed by atoms with Gasteiger partial charge in [0.15, 0.2) is 0 Å². The van der Waals surface area contributed by atoms with Gasteiger partial charge in [0.05, 0.1) is 25.4 Å². The Labute approximate surface area is 172 Å². The van der Waals surface area contributed by atoms with Gasteiger partial charge in [-0.25, -0.2) is 4.79 Å². The van der Waals surface area contributed by atoms with Gasteiger partial charge in [0.1, 0.15) is 13.2 Å². The Morgan fingerprint density at radius 3 is 1.80 bits per heavy atom. The number of ether oxygens (including phenoxy) is 3. The summed E-state index contributed by atoms with van der Waals surface area (Å²) in [5.41, 5.74) is 4.87. The lowest BCUT2D eigenvalue weighted by atomic mass is 9.93. The van der Waals surface area contributed by atoms with E-state index in [9.17, 15) is 26.7 Å². The van der Waals surface area contributed by atoms with E-state index in [-0.39, 0.29) is 24.2 Å². The molecule has 1 aromatic rings. The number of benzene rings is 1. The molecule has 0 aliphatic rings. The van der Waals surface area contributed by atoms with Crippen LogP contribution in [0.4, 0.5) is 27.6 Å². The molecule has 5 nitrogen and oxygen atoms in total. The summed E-state index contributed by atoms with van der Waals surface area (Å²) in [6, 6.07) is 5.91. The Morgan fingerprint density at radius 2 is 1.33 bits per heavy atom. The average molecular weight is 441 g/mol. The second-order valence-electron chi connectivity index (χ2n) is 8.76. The number of alkyl halides is 5. The molecule has 0 aliphatic carbocycles. The van der Waals surface area contributed by atoms with Crippen molar-refractivity contribution in [2.45, 2.75) is 39.8 Å². The third kappa shape index (κ3) is 8.83. The van der Waals surface area contributed by atoms with Crippen LogP contribution in [0.15, 0.2) is 24.3 Å². The second kappa shape index (κ2) is 9.91. The Morgan fingerprint density at radius 1 is 0.833 bits per heavy atom. The van der Waals surface area contributed by atoms with Crippen LogP contribution in [0.2, 0.25) is 0 Å². The molecule has 2 N–H and O–H groups in total. The number of rotatable bonds is 10. The first-order valence-corrected chi connectivity index (χ1v) is 9.17. The van der Waals surface area contributed by atoms with E-state index in [1.54, 1.807) is 0 Å². The predicted octanol–water partition coefficient (Wildman–Crippen LogP) is 4.71. The van der Waals surface area contributed by atoms with Gasteiger partial charge in [0.2, 0.25) is 0 Å². The summed E-state index contributed by atoms with van der Waals surface area (Å²) in [7, 11) is 0. The third-order valence-electron chi connectivity index (χ3n) is 3.83. The number of carbonyl (C=O) groups is 1. The summed E-state index contributed by atoms with van der Waals surface area (Å²) < 4.78 is 78.6. The number of nitrogen functional groups attached to an aromatic ring is 1. The minimum absolute atomic E-state index is 0.0725. The fraction of sp³-hybridized carbons (Fsp3) is 0.650. The quantitative estimate of drug-likeness (QED) is 0.324. The fourth-order valence-electron chi connectivity index (χ4n) is 2.18. The van der Waals surface area contributed by atoms with Crippen molar-refractivity contribution in [1.29, 1.82) is 0 Å². The van der Waals surface area contributed by atoms with E-state index < -0.39 is 36.7 Å². The molecule has 0 aliphatic heterocycles. The zero-order chi connectivity index (χ0) is 23.2. The summed E-state index contributed by atoms with van der Waals surface area (Å²) in [6.07, 6.45) is -5.71. The minimum atomic E-state index is -5.71. The molecule has 0 heterocycles. The zero-order valence-corrected chi connectivity index (χ0v) is 17.4. The SMILES string of the molecule is CC(C)(C)COCC(C)(COCC(F)(F)C(F)(F)F)COC(=O)c1ccc(N)cc1. The summed E-state index contributed by atoms with van der Waals surface area (Å²) >= 11 is 0. The topological polar surface area (TPSA) is 70.8 Å². The van der Waals surface area contributed by atoms with Gasteiger partial charge in [-0.2, -0.15) is 22.0 Å². The normalized spacial score (nSPS) is 15.0. The molecule has 0 saturated carbocycles. The number of hydrogen-bond acceptors (Lipinski definition) is 5. The molecule has 0 spiro atoms. The maximum absolute atomic E-state index is 13.1. The van der Waals surface area contributed by atoms with E-state index in [4.69, 9.17) is 15.2 Å². The van der Waals surface area contributed by atoms with Crippen LogP contribution in [0.25, 0.3) is 0 Å². The molecule has 0 fully saturated rings. The van der Waals surface area contributed by atoms with Crippen molar-refractivity contribution in [3.8, 4) is 0 Å². The van der Waals surface area contributed by atoms with Crippen LogP contribution in [-0.4, -0.2) is 51.1 Å². The Hall–Kier alpha value is -1.94. The lowest BCUT2D eigenvalue weighted by Gasteiger charge is -2.31. The van der Waals surface area contributed by atoms with Crippen molar-refractivity contribution in [1.82, 2.24) is 0 Å². The molecule has 1 atom stereocenters. The lowest BCUT2D eigenvalue weighted by Crippen LogP contribution is -2.43. The van der Waals surface area contributed by atoms with Crippen LogP contribution in [0, 0.1) is 10.8 Å². The van der Waals surface area contributed by atoms with E-state index in [1.165, 1.54) is 31.2 Å². The van der Waals surface area contributed by atoms with Crippen molar-refractivity contribution < 1.29 is 41.0 Å².